The first-order valence-corrected chi connectivity index (χ1v) is 9.03. The maximum Gasteiger partial charge on any atom is 0.322 e. The van der Waals surface area contributed by atoms with Gasteiger partial charge in [-0.15, -0.1) is 5.10 Å². The maximum atomic E-state index is 13.7. The first-order chi connectivity index (χ1) is 12.2. The lowest BCUT2D eigenvalue weighted by Crippen LogP contribution is -2.13. The largest absolute Gasteiger partial charge is 0.403 e. The molecule has 0 saturated heterocycles. The average Bonchev–Trinajstić information content (AvgIpc) is 3.02. The van der Waals surface area contributed by atoms with Crippen LogP contribution in [0.15, 0.2) is 51.8 Å². The van der Waals surface area contributed by atoms with E-state index in [-0.39, 0.29) is 27.9 Å². The quantitative estimate of drug-likeness (QED) is 0.748. The van der Waals surface area contributed by atoms with Gasteiger partial charge in [-0.25, -0.2) is 17.2 Å². The minimum absolute atomic E-state index is 0.0234. The standard InChI is InChI=1S/C16H11F2N3O4S/c1-26(23,24)11-4-2-3-9(7-11)14(22)19-16-21-20-15(25-16)12-6-5-10(17)8-13(12)18/h2-8H,1H3,(H,19,21,22). The summed E-state index contributed by atoms with van der Waals surface area (Å²) in [4.78, 5) is 12.2. The maximum absolute atomic E-state index is 13.7. The fourth-order valence-electron chi connectivity index (χ4n) is 2.08. The topological polar surface area (TPSA) is 102 Å². The van der Waals surface area contributed by atoms with E-state index in [9.17, 15) is 22.0 Å². The summed E-state index contributed by atoms with van der Waals surface area (Å²) < 4.78 is 54.9. The highest BCUT2D eigenvalue weighted by Crippen LogP contribution is 2.24. The minimum Gasteiger partial charge on any atom is -0.403 e. The molecule has 0 aliphatic heterocycles. The number of halogens is 2. The third kappa shape index (κ3) is 3.75. The number of rotatable bonds is 4. The van der Waals surface area contributed by atoms with Crippen molar-refractivity contribution in [3.63, 3.8) is 0 Å². The highest BCUT2D eigenvalue weighted by atomic mass is 32.2. The summed E-state index contributed by atoms with van der Waals surface area (Å²) >= 11 is 0. The number of benzene rings is 2. The Labute approximate surface area is 146 Å². The molecule has 1 N–H and O–H groups in total. The average molecular weight is 379 g/mol. The predicted molar refractivity (Wildman–Crippen MR) is 87.2 cm³/mol. The molecule has 1 amide bonds. The van der Waals surface area contributed by atoms with E-state index >= 15 is 0 Å². The molecule has 3 aromatic rings. The molecule has 7 nitrogen and oxygen atoms in total. The van der Waals surface area contributed by atoms with Crippen molar-refractivity contribution in [3.8, 4) is 11.5 Å². The molecule has 3 rings (SSSR count). The molecule has 0 spiro atoms. The second-order valence-corrected chi connectivity index (χ2v) is 7.31. The third-order valence-corrected chi connectivity index (χ3v) is 4.44. The van der Waals surface area contributed by atoms with Gasteiger partial charge in [0.25, 0.3) is 11.8 Å². The number of hydrogen-bond acceptors (Lipinski definition) is 6. The number of hydrogen-bond donors (Lipinski definition) is 1. The molecule has 0 fully saturated rings. The monoisotopic (exact) mass is 379 g/mol. The summed E-state index contributed by atoms with van der Waals surface area (Å²) in [6.07, 6.45) is 1.02. The number of carbonyl (C=O) groups is 1. The Morgan fingerprint density at radius 2 is 1.88 bits per heavy atom. The molecule has 10 heteroatoms. The van der Waals surface area contributed by atoms with E-state index in [4.69, 9.17) is 4.42 Å². The fraction of sp³-hybridized carbons (Fsp3) is 0.0625. The molecule has 134 valence electrons. The number of sulfone groups is 1. The summed E-state index contributed by atoms with van der Waals surface area (Å²) in [5.41, 5.74) is -0.0703. The van der Waals surface area contributed by atoms with E-state index in [0.29, 0.717) is 6.07 Å². The van der Waals surface area contributed by atoms with E-state index in [2.05, 4.69) is 15.5 Å². The van der Waals surface area contributed by atoms with Crippen molar-refractivity contribution < 1.29 is 26.4 Å². The van der Waals surface area contributed by atoms with Gasteiger partial charge in [-0.05, 0) is 30.3 Å². The van der Waals surface area contributed by atoms with Gasteiger partial charge >= 0.3 is 6.01 Å². The number of amides is 1. The Morgan fingerprint density at radius 1 is 1.12 bits per heavy atom. The molecule has 1 heterocycles. The van der Waals surface area contributed by atoms with Crippen molar-refractivity contribution in [2.45, 2.75) is 4.90 Å². The second kappa shape index (κ2) is 6.64. The molecule has 26 heavy (non-hydrogen) atoms. The SMILES string of the molecule is CS(=O)(=O)c1cccc(C(=O)Nc2nnc(-c3ccc(F)cc3F)o2)c1. The van der Waals surface area contributed by atoms with Crippen LogP contribution in [-0.2, 0) is 9.84 Å². The van der Waals surface area contributed by atoms with Crippen LogP contribution in [0.4, 0.5) is 14.8 Å². The lowest BCUT2D eigenvalue weighted by Gasteiger charge is -2.03. The van der Waals surface area contributed by atoms with Crippen molar-refractivity contribution in [2.75, 3.05) is 11.6 Å². The zero-order chi connectivity index (χ0) is 18.9. The van der Waals surface area contributed by atoms with Gasteiger partial charge in [0, 0.05) is 17.9 Å². The summed E-state index contributed by atoms with van der Waals surface area (Å²) in [6, 6.07) is 7.86. The number of nitrogens with one attached hydrogen (secondary N) is 1. The molecule has 0 aliphatic carbocycles. The molecule has 0 radical (unpaired) electrons. The van der Waals surface area contributed by atoms with Crippen LogP contribution in [0.5, 0.6) is 0 Å². The van der Waals surface area contributed by atoms with Crippen molar-refractivity contribution >= 4 is 21.8 Å². The lowest BCUT2D eigenvalue weighted by molar-refractivity contribution is 0.102. The molecule has 0 unspecified atom stereocenters. The lowest BCUT2D eigenvalue weighted by atomic mass is 10.2. The number of carbonyl (C=O) groups excluding carboxylic acids is 1. The normalized spacial score (nSPS) is 11.3. The summed E-state index contributed by atoms with van der Waals surface area (Å²) in [5, 5.41) is 9.44. The molecule has 0 aliphatic rings. The number of nitrogens with zero attached hydrogens (tertiary/aromatic N) is 2. The second-order valence-electron chi connectivity index (χ2n) is 5.29. The van der Waals surface area contributed by atoms with Crippen molar-refractivity contribution in [3.05, 3.63) is 59.7 Å². The molecule has 0 bridgehead atoms. The van der Waals surface area contributed by atoms with Gasteiger partial charge in [-0.1, -0.05) is 11.2 Å². The Balaban J connectivity index is 1.82. The van der Waals surface area contributed by atoms with Gasteiger partial charge in [-0.3, -0.25) is 10.1 Å². The molecule has 0 atom stereocenters. The van der Waals surface area contributed by atoms with E-state index in [0.717, 1.165) is 18.4 Å². The number of anilines is 1. The third-order valence-electron chi connectivity index (χ3n) is 3.33. The van der Waals surface area contributed by atoms with Gasteiger partial charge in [-0.2, -0.15) is 0 Å². The van der Waals surface area contributed by atoms with E-state index in [1.807, 2.05) is 0 Å². The van der Waals surface area contributed by atoms with Crippen LogP contribution < -0.4 is 5.32 Å². The van der Waals surface area contributed by atoms with Crippen LogP contribution in [0.3, 0.4) is 0 Å². The van der Waals surface area contributed by atoms with E-state index < -0.39 is 27.4 Å². The van der Waals surface area contributed by atoms with Crippen LogP contribution in [0, 0.1) is 11.6 Å². The Hall–Kier alpha value is -3.14. The van der Waals surface area contributed by atoms with Gasteiger partial charge in [0.15, 0.2) is 9.84 Å². The molecular weight excluding hydrogens is 368 g/mol. The summed E-state index contributed by atoms with van der Waals surface area (Å²) in [7, 11) is -3.48. The van der Waals surface area contributed by atoms with Crippen LogP contribution in [-0.4, -0.2) is 30.8 Å². The molecule has 2 aromatic carbocycles. The molecular formula is C16H11F2N3O4S. The Morgan fingerprint density at radius 3 is 2.58 bits per heavy atom. The highest BCUT2D eigenvalue weighted by molar-refractivity contribution is 7.90. The Kier molecular flexibility index (Phi) is 4.51. The van der Waals surface area contributed by atoms with Crippen LogP contribution >= 0.6 is 0 Å². The Bertz CT molecular complexity index is 1100. The van der Waals surface area contributed by atoms with Crippen molar-refractivity contribution in [1.82, 2.24) is 10.2 Å². The zero-order valence-corrected chi connectivity index (χ0v) is 14.0. The minimum atomic E-state index is -3.48. The van der Waals surface area contributed by atoms with Crippen molar-refractivity contribution in [1.29, 1.82) is 0 Å². The van der Waals surface area contributed by atoms with Gasteiger partial charge in [0.2, 0.25) is 0 Å². The highest BCUT2D eigenvalue weighted by Gasteiger charge is 2.17. The van der Waals surface area contributed by atoms with E-state index in [1.54, 1.807) is 0 Å². The van der Waals surface area contributed by atoms with Gasteiger partial charge in [0.05, 0.1) is 10.5 Å². The fourth-order valence-corrected chi connectivity index (χ4v) is 2.75. The molecule has 0 saturated carbocycles. The van der Waals surface area contributed by atoms with Crippen LogP contribution in [0.1, 0.15) is 10.4 Å². The van der Waals surface area contributed by atoms with Crippen LogP contribution in [0.25, 0.3) is 11.5 Å². The van der Waals surface area contributed by atoms with Gasteiger partial charge < -0.3 is 4.42 Å². The number of aromatic nitrogens is 2. The first kappa shape index (κ1) is 17.7. The van der Waals surface area contributed by atoms with Gasteiger partial charge in [0.1, 0.15) is 11.6 Å². The first-order valence-electron chi connectivity index (χ1n) is 7.14. The predicted octanol–water partition coefficient (Wildman–Crippen LogP) is 2.67. The van der Waals surface area contributed by atoms with Crippen LogP contribution in [0.2, 0.25) is 0 Å². The smallest absolute Gasteiger partial charge is 0.322 e. The zero-order valence-electron chi connectivity index (χ0n) is 13.2. The van der Waals surface area contributed by atoms with Crippen molar-refractivity contribution in [2.24, 2.45) is 0 Å². The van der Waals surface area contributed by atoms with E-state index in [1.165, 1.54) is 24.3 Å². The summed E-state index contributed by atoms with van der Waals surface area (Å²) in [5.74, 6) is -2.59. The summed E-state index contributed by atoms with van der Waals surface area (Å²) in [6.45, 7) is 0. The molecule has 1 aromatic heterocycles.